The first kappa shape index (κ1) is 10.6. The fourth-order valence-electron chi connectivity index (χ4n) is 1.63. The highest BCUT2D eigenvalue weighted by Gasteiger charge is 2.31. The van der Waals surface area contributed by atoms with Crippen molar-refractivity contribution in [2.24, 2.45) is 0 Å². The number of hydrogen-bond donors (Lipinski definition) is 1. The van der Waals surface area contributed by atoms with Crippen molar-refractivity contribution in [2.45, 2.75) is 25.3 Å². The summed E-state index contributed by atoms with van der Waals surface area (Å²) in [5.74, 6) is -0.574. The molecule has 84 valence electrons. The van der Waals surface area contributed by atoms with Gasteiger partial charge in [-0.25, -0.2) is 4.79 Å². The molecule has 1 heterocycles. The van der Waals surface area contributed by atoms with Crippen molar-refractivity contribution in [2.75, 3.05) is 11.4 Å². The molecule has 0 aromatic carbocycles. The Labute approximate surface area is 92.9 Å². The minimum atomic E-state index is -1.07. The van der Waals surface area contributed by atoms with Gasteiger partial charge in [0.05, 0.1) is 12.5 Å². The maximum Gasteiger partial charge on any atom is 0.371 e. The van der Waals surface area contributed by atoms with Crippen LogP contribution < -0.4 is 4.90 Å². The fraction of sp³-hybridized carbons (Fsp3) is 0.455. The number of carboxylic acid groups (broad SMARTS) is 1. The van der Waals surface area contributed by atoms with E-state index in [0.717, 1.165) is 12.8 Å². The van der Waals surface area contributed by atoms with E-state index in [2.05, 4.69) is 6.07 Å². The molecule has 1 saturated carbocycles. The zero-order valence-corrected chi connectivity index (χ0v) is 8.72. The van der Waals surface area contributed by atoms with E-state index in [0.29, 0.717) is 24.9 Å². The van der Waals surface area contributed by atoms with Gasteiger partial charge < -0.3 is 14.4 Å². The highest BCUT2D eigenvalue weighted by molar-refractivity contribution is 5.84. The molecule has 0 atom stereocenters. The Hall–Kier alpha value is -1.96. The van der Waals surface area contributed by atoms with E-state index >= 15 is 0 Å². The molecule has 0 amide bonds. The van der Waals surface area contributed by atoms with Crippen molar-refractivity contribution in [3.8, 4) is 6.07 Å². The molecule has 1 fully saturated rings. The van der Waals surface area contributed by atoms with Crippen LogP contribution in [0.15, 0.2) is 16.5 Å². The van der Waals surface area contributed by atoms with Crippen molar-refractivity contribution in [1.82, 2.24) is 0 Å². The number of nitriles is 1. The first-order valence-corrected chi connectivity index (χ1v) is 5.19. The van der Waals surface area contributed by atoms with Crippen LogP contribution in [0, 0.1) is 11.3 Å². The van der Waals surface area contributed by atoms with Gasteiger partial charge in [0, 0.05) is 18.7 Å². The number of furan rings is 1. The molecular formula is C11H12N2O3. The summed E-state index contributed by atoms with van der Waals surface area (Å²) in [6.45, 7) is 0.591. The maximum atomic E-state index is 10.7. The standard InChI is InChI=1S/C11H12N2O3/c12-6-1-7-13(8-2-3-8)10-5-4-9(16-10)11(14)15/h4-5,8H,1-3,7H2,(H,14,15). The van der Waals surface area contributed by atoms with Crippen molar-refractivity contribution >= 4 is 11.9 Å². The third-order valence-corrected chi connectivity index (χ3v) is 2.54. The number of carboxylic acids is 1. The zero-order valence-electron chi connectivity index (χ0n) is 8.72. The lowest BCUT2D eigenvalue weighted by molar-refractivity contribution is 0.0663. The van der Waals surface area contributed by atoms with Crippen LogP contribution in [-0.4, -0.2) is 23.7 Å². The highest BCUT2D eigenvalue weighted by atomic mass is 16.4. The van der Waals surface area contributed by atoms with Crippen LogP contribution in [-0.2, 0) is 0 Å². The largest absolute Gasteiger partial charge is 0.475 e. The van der Waals surface area contributed by atoms with Gasteiger partial charge in [-0.3, -0.25) is 0 Å². The first-order valence-electron chi connectivity index (χ1n) is 5.19. The number of hydrogen-bond acceptors (Lipinski definition) is 4. The third kappa shape index (κ3) is 2.16. The number of nitrogens with zero attached hydrogens (tertiary/aromatic N) is 2. The lowest BCUT2D eigenvalue weighted by Gasteiger charge is -2.19. The van der Waals surface area contributed by atoms with E-state index in [1.54, 1.807) is 6.07 Å². The topological polar surface area (TPSA) is 77.5 Å². The summed E-state index contributed by atoms with van der Waals surface area (Å²) in [4.78, 5) is 12.6. The monoisotopic (exact) mass is 220 g/mol. The average molecular weight is 220 g/mol. The molecule has 0 unspecified atom stereocenters. The SMILES string of the molecule is N#CCCN(c1ccc(C(=O)O)o1)C1CC1. The molecule has 5 heteroatoms. The molecule has 5 nitrogen and oxygen atoms in total. The van der Waals surface area contributed by atoms with Crippen molar-refractivity contribution in [3.63, 3.8) is 0 Å². The minimum Gasteiger partial charge on any atom is -0.475 e. The highest BCUT2D eigenvalue weighted by Crippen LogP contribution is 2.32. The molecule has 0 spiro atoms. The van der Waals surface area contributed by atoms with Gasteiger partial charge in [0.1, 0.15) is 0 Å². The summed E-state index contributed by atoms with van der Waals surface area (Å²) in [6, 6.07) is 5.58. The van der Waals surface area contributed by atoms with Gasteiger partial charge >= 0.3 is 5.97 Å². The normalized spacial score (nSPS) is 14.4. The fourth-order valence-corrected chi connectivity index (χ4v) is 1.63. The van der Waals surface area contributed by atoms with Gasteiger partial charge in [-0.2, -0.15) is 5.26 Å². The lowest BCUT2D eigenvalue weighted by atomic mass is 10.4. The molecule has 0 bridgehead atoms. The minimum absolute atomic E-state index is 0.0578. The summed E-state index contributed by atoms with van der Waals surface area (Å²) in [7, 11) is 0. The Morgan fingerprint density at radius 1 is 1.62 bits per heavy atom. The maximum absolute atomic E-state index is 10.7. The van der Waals surface area contributed by atoms with E-state index in [1.165, 1.54) is 6.07 Å². The van der Waals surface area contributed by atoms with Crippen LogP contribution in [0.1, 0.15) is 29.8 Å². The van der Waals surface area contributed by atoms with Crippen LogP contribution >= 0.6 is 0 Å². The van der Waals surface area contributed by atoms with E-state index in [1.807, 2.05) is 4.90 Å². The van der Waals surface area contributed by atoms with Gasteiger partial charge in [0.15, 0.2) is 5.88 Å². The molecule has 2 rings (SSSR count). The molecular weight excluding hydrogens is 208 g/mol. The predicted octanol–water partition coefficient (Wildman–Crippen LogP) is 1.86. The Morgan fingerprint density at radius 3 is 2.88 bits per heavy atom. The van der Waals surface area contributed by atoms with Crippen molar-refractivity contribution in [3.05, 3.63) is 17.9 Å². The van der Waals surface area contributed by atoms with Crippen LogP contribution in [0.2, 0.25) is 0 Å². The number of anilines is 1. The summed E-state index contributed by atoms with van der Waals surface area (Å²) < 4.78 is 5.22. The first-order chi connectivity index (χ1) is 7.72. The Bertz CT molecular complexity index is 429. The summed E-state index contributed by atoms with van der Waals surface area (Å²) in [5, 5.41) is 17.3. The van der Waals surface area contributed by atoms with Crippen LogP contribution in [0.4, 0.5) is 5.88 Å². The van der Waals surface area contributed by atoms with E-state index in [4.69, 9.17) is 14.8 Å². The van der Waals surface area contributed by atoms with Crippen LogP contribution in [0.25, 0.3) is 0 Å². The molecule has 16 heavy (non-hydrogen) atoms. The van der Waals surface area contributed by atoms with E-state index in [9.17, 15) is 4.79 Å². The summed E-state index contributed by atoms with van der Waals surface area (Å²) >= 11 is 0. The Morgan fingerprint density at radius 2 is 2.38 bits per heavy atom. The third-order valence-electron chi connectivity index (χ3n) is 2.54. The van der Waals surface area contributed by atoms with Crippen LogP contribution in [0.5, 0.6) is 0 Å². The molecule has 0 radical (unpaired) electrons. The van der Waals surface area contributed by atoms with Crippen molar-refractivity contribution < 1.29 is 14.3 Å². The van der Waals surface area contributed by atoms with Gasteiger partial charge in [0.2, 0.25) is 5.76 Å². The second-order valence-corrected chi connectivity index (χ2v) is 3.78. The van der Waals surface area contributed by atoms with Gasteiger partial charge in [-0.05, 0) is 18.9 Å². The number of carbonyl (C=O) groups is 1. The smallest absolute Gasteiger partial charge is 0.371 e. The molecule has 0 aliphatic heterocycles. The zero-order chi connectivity index (χ0) is 11.5. The molecule has 0 saturated heterocycles. The Kier molecular flexibility index (Phi) is 2.82. The molecule has 1 aromatic rings. The number of rotatable bonds is 5. The lowest BCUT2D eigenvalue weighted by Crippen LogP contribution is -2.26. The van der Waals surface area contributed by atoms with Gasteiger partial charge in [-0.1, -0.05) is 0 Å². The quantitative estimate of drug-likeness (QED) is 0.819. The van der Waals surface area contributed by atoms with Gasteiger partial charge in [0.25, 0.3) is 0 Å². The molecule has 1 aliphatic rings. The second-order valence-electron chi connectivity index (χ2n) is 3.78. The molecule has 1 aliphatic carbocycles. The summed E-state index contributed by atoms with van der Waals surface area (Å²) in [6.07, 6.45) is 2.57. The predicted molar refractivity (Wildman–Crippen MR) is 56.3 cm³/mol. The number of aromatic carboxylic acids is 1. The van der Waals surface area contributed by atoms with E-state index < -0.39 is 5.97 Å². The van der Waals surface area contributed by atoms with Crippen molar-refractivity contribution in [1.29, 1.82) is 5.26 Å². The Balaban J connectivity index is 2.12. The molecule has 1 N–H and O–H groups in total. The van der Waals surface area contributed by atoms with Crippen LogP contribution in [0.3, 0.4) is 0 Å². The second kappa shape index (κ2) is 4.27. The average Bonchev–Trinajstić information content (AvgIpc) is 2.96. The summed E-state index contributed by atoms with van der Waals surface area (Å²) in [5.41, 5.74) is 0. The van der Waals surface area contributed by atoms with Gasteiger partial charge in [-0.15, -0.1) is 0 Å². The molecule has 1 aromatic heterocycles. The van der Waals surface area contributed by atoms with E-state index in [-0.39, 0.29) is 5.76 Å².